The second-order valence-corrected chi connectivity index (χ2v) is 6.61. The lowest BCUT2D eigenvalue weighted by Gasteiger charge is -2.13. The first-order valence-corrected chi connectivity index (χ1v) is 9.03. The van der Waals surface area contributed by atoms with E-state index in [0.29, 0.717) is 16.3 Å². The molecule has 0 bridgehead atoms. The molecule has 130 valence electrons. The van der Waals surface area contributed by atoms with E-state index in [1.165, 1.54) is 31.3 Å². The Balaban J connectivity index is 1.50. The van der Waals surface area contributed by atoms with Gasteiger partial charge in [-0.2, -0.15) is 0 Å². The van der Waals surface area contributed by atoms with E-state index in [9.17, 15) is 4.79 Å². The van der Waals surface area contributed by atoms with Gasteiger partial charge in [0.05, 0.1) is 5.56 Å². The Bertz CT molecular complexity index is 739. The first-order valence-electron chi connectivity index (χ1n) is 8.65. The molecule has 0 fully saturated rings. The van der Waals surface area contributed by atoms with Crippen molar-refractivity contribution in [1.29, 1.82) is 0 Å². The summed E-state index contributed by atoms with van der Waals surface area (Å²) in [6, 6.07) is 10.6. The van der Waals surface area contributed by atoms with Crippen molar-refractivity contribution in [3.05, 3.63) is 64.8 Å². The largest absolute Gasteiger partial charge is 0.370 e. The highest BCUT2D eigenvalue weighted by molar-refractivity contribution is 6.30. The van der Waals surface area contributed by atoms with Gasteiger partial charge in [0.2, 0.25) is 0 Å². The third kappa shape index (κ3) is 5.33. The van der Waals surface area contributed by atoms with Crippen LogP contribution >= 0.6 is 11.6 Å². The van der Waals surface area contributed by atoms with Crippen molar-refractivity contribution in [2.24, 2.45) is 0 Å². The van der Waals surface area contributed by atoms with E-state index in [2.05, 4.69) is 21.7 Å². The zero-order valence-electron chi connectivity index (χ0n) is 14.1. The Morgan fingerprint density at radius 1 is 1.12 bits per heavy atom. The van der Waals surface area contributed by atoms with Crippen molar-refractivity contribution in [2.45, 2.75) is 32.1 Å². The molecule has 0 saturated carbocycles. The molecule has 1 amide bonds. The van der Waals surface area contributed by atoms with Crippen LogP contribution in [0.2, 0.25) is 5.02 Å². The molecule has 0 saturated heterocycles. The van der Waals surface area contributed by atoms with Crippen LogP contribution in [0.15, 0.2) is 54.2 Å². The quantitative estimate of drug-likeness (QED) is 0.692. The summed E-state index contributed by atoms with van der Waals surface area (Å²) >= 11 is 5.84. The Hall–Kier alpha value is -2.33. The minimum Gasteiger partial charge on any atom is -0.370 e. The number of benzene rings is 1. The Morgan fingerprint density at radius 3 is 2.64 bits per heavy atom. The molecule has 3 rings (SSSR count). The maximum atomic E-state index is 12.2. The summed E-state index contributed by atoms with van der Waals surface area (Å²) in [5.74, 6) is 0.605. The van der Waals surface area contributed by atoms with Crippen LogP contribution in [0.3, 0.4) is 0 Å². The lowest BCUT2D eigenvalue weighted by atomic mass is 9.97. The third-order valence-electron chi connectivity index (χ3n) is 4.27. The summed E-state index contributed by atoms with van der Waals surface area (Å²) in [7, 11) is 0. The molecular formula is C20H22ClN3O. The van der Waals surface area contributed by atoms with E-state index in [0.717, 1.165) is 18.8 Å². The number of hydrogen-bond acceptors (Lipinski definition) is 3. The first kappa shape index (κ1) is 17.5. The normalized spacial score (nSPS) is 13.9. The molecule has 5 heteroatoms. The number of anilines is 2. The molecule has 1 aliphatic carbocycles. The summed E-state index contributed by atoms with van der Waals surface area (Å²) in [6.07, 6.45) is 10.1. The van der Waals surface area contributed by atoms with Crippen LogP contribution in [-0.2, 0) is 0 Å². The van der Waals surface area contributed by atoms with Crippen molar-refractivity contribution in [2.75, 3.05) is 17.2 Å². The predicted molar refractivity (Wildman–Crippen MR) is 103 cm³/mol. The molecule has 1 heterocycles. The fourth-order valence-corrected chi connectivity index (χ4v) is 2.98. The summed E-state index contributed by atoms with van der Waals surface area (Å²) < 4.78 is 0. The van der Waals surface area contributed by atoms with Crippen LogP contribution in [0.5, 0.6) is 0 Å². The third-order valence-corrected chi connectivity index (χ3v) is 4.52. The van der Waals surface area contributed by atoms with Crippen LogP contribution in [0, 0.1) is 0 Å². The van der Waals surface area contributed by atoms with Gasteiger partial charge in [0.25, 0.3) is 5.91 Å². The molecule has 0 radical (unpaired) electrons. The van der Waals surface area contributed by atoms with Gasteiger partial charge in [-0.05, 0) is 68.5 Å². The van der Waals surface area contributed by atoms with Gasteiger partial charge in [0.15, 0.2) is 0 Å². The van der Waals surface area contributed by atoms with E-state index in [1.807, 2.05) is 6.07 Å². The fourth-order valence-electron chi connectivity index (χ4n) is 2.85. The summed E-state index contributed by atoms with van der Waals surface area (Å²) in [5.41, 5.74) is 2.77. The molecule has 0 aliphatic heterocycles. The SMILES string of the molecule is O=C(Nc1ccc(Cl)cc1)c1ccc(NCCC2=CCCCC2)nc1. The zero-order chi connectivity index (χ0) is 17.5. The van der Waals surface area contributed by atoms with E-state index >= 15 is 0 Å². The molecule has 4 nitrogen and oxygen atoms in total. The van der Waals surface area contributed by atoms with Gasteiger partial charge in [-0.1, -0.05) is 23.3 Å². The lowest BCUT2D eigenvalue weighted by Crippen LogP contribution is -2.12. The molecule has 1 aromatic carbocycles. The fraction of sp³-hybridized carbons (Fsp3) is 0.300. The summed E-state index contributed by atoms with van der Waals surface area (Å²) in [6.45, 7) is 0.870. The number of nitrogens with zero attached hydrogens (tertiary/aromatic N) is 1. The number of amides is 1. The molecule has 0 spiro atoms. The maximum Gasteiger partial charge on any atom is 0.257 e. The van der Waals surface area contributed by atoms with Crippen molar-refractivity contribution >= 4 is 29.0 Å². The predicted octanol–water partition coefficient (Wildman–Crippen LogP) is 5.29. The standard InChI is InChI=1S/C20H22ClN3O/c21-17-7-9-18(10-8-17)24-20(25)16-6-11-19(23-14-16)22-13-12-15-4-2-1-3-5-15/h4,6-11,14H,1-3,5,12-13H2,(H,22,23)(H,24,25). The molecule has 0 unspecified atom stereocenters. The molecule has 2 N–H and O–H groups in total. The highest BCUT2D eigenvalue weighted by Crippen LogP contribution is 2.20. The van der Waals surface area contributed by atoms with Crippen molar-refractivity contribution < 1.29 is 4.79 Å². The van der Waals surface area contributed by atoms with E-state index in [4.69, 9.17) is 11.6 Å². The second-order valence-electron chi connectivity index (χ2n) is 6.18. The van der Waals surface area contributed by atoms with Gasteiger partial charge in [0.1, 0.15) is 5.82 Å². The van der Waals surface area contributed by atoms with Gasteiger partial charge in [-0.15, -0.1) is 0 Å². The number of nitrogens with one attached hydrogen (secondary N) is 2. The van der Waals surface area contributed by atoms with E-state index < -0.39 is 0 Å². The number of allylic oxidation sites excluding steroid dienone is 1. The number of halogens is 1. The zero-order valence-corrected chi connectivity index (χ0v) is 14.9. The van der Waals surface area contributed by atoms with Gasteiger partial charge >= 0.3 is 0 Å². The molecule has 1 aliphatic rings. The summed E-state index contributed by atoms with van der Waals surface area (Å²) in [4.78, 5) is 16.5. The van der Waals surface area contributed by atoms with Gasteiger partial charge in [0, 0.05) is 23.5 Å². The Labute approximate surface area is 153 Å². The number of rotatable bonds is 6. The molecular weight excluding hydrogens is 334 g/mol. The summed E-state index contributed by atoms with van der Waals surface area (Å²) in [5, 5.41) is 6.78. The molecule has 2 aromatic rings. The maximum absolute atomic E-state index is 12.2. The molecule has 25 heavy (non-hydrogen) atoms. The number of aromatic nitrogens is 1. The van der Waals surface area contributed by atoms with Crippen LogP contribution in [0.1, 0.15) is 42.5 Å². The first-order chi connectivity index (χ1) is 12.2. The van der Waals surface area contributed by atoms with Crippen molar-refractivity contribution in [3.63, 3.8) is 0 Å². The number of carbonyl (C=O) groups is 1. The smallest absolute Gasteiger partial charge is 0.257 e. The van der Waals surface area contributed by atoms with Crippen molar-refractivity contribution in [3.8, 4) is 0 Å². The van der Waals surface area contributed by atoms with Crippen LogP contribution < -0.4 is 10.6 Å². The average molecular weight is 356 g/mol. The van der Waals surface area contributed by atoms with Gasteiger partial charge < -0.3 is 10.6 Å². The monoisotopic (exact) mass is 355 g/mol. The minimum absolute atomic E-state index is 0.186. The highest BCUT2D eigenvalue weighted by Gasteiger charge is 2.07. The molecule has 1 aromatic heterocycles. The Kier molecular flexibility index (Phi) is 6.07. The van der Waals surface area contributed by atoms with Crippen LogP contribution in [0.4, 0.5) is 11.5 Å². The second kappa shape index (κ2) is 8.67. The number of pyridine rings is 1. The Morgan fingerprint density at radius 2 is 1.96 bits per heavy atom. The lowest BCUT2D eigenvalue weighted by molar-refractivity contribution is 0.102. The molecule has 0 atom stereocenters. The van der Waals surface area contributed by atoms with Gasteiger partial charge in [-0.3, -0.25) is 4.79 Å². The van der Waals surface area contributed by atoms with Gasteiger partial charge in [-0.25, -0.2) is 4.98 Å². The topological polar surface area (TPSA) is 54.0 Å². The van der Waals surface area contributed by atoms with E-state index in [1.54, 1.807) is 36.5 Å². The van der Waals surface area contributed by atoms with E-state index in [-0.39, 0.29) is 5.91 Å². The van der Waals surface area contributed by atoms with Crippen LogP contribution in [0.25, 0.3) is 0 Å². The number of hydrogen-bond donors (Lipinski definition) is 2. The number of carbonyl (C=O) groups excluding carboxylic acids is 1. The average Bonchev–Trinajstić information content (AvgIpc) is 2.65. The van der Waals surface area contributed by atoms with Crippen molar-refractivity contribution in [1.82, 2.24) is 4.98 Å². The van der Waals surface area contributed by atoms with Crippen LogP contribution in [-0.4, -0.2) is 17.4 Å². The minimum atomic E-state index is -0.186. The highest BCUT2D eigenvalue weighted by atomic mass is 35.5.